The monoisotopic (exact) mass is 509 g/mol. The molecule has 0 atom stereocenters. The molecule has 0 radical (unpaired) electrons. The van der Waals surface area contributed by atoms with E-state index < -0.39 is 22.0 Å². The molecule has 0 spiro atoms. The third-order valence-corrected chi connectivity index (χ3v) is 8.21. The summed E-state index contributed by atoms with van der Waals surface area (Å²) in [5, 5.41) is 2.45. The minimum Gasteiger partial charge on any atom is -0.307 e. The van der Waals surface area contributed by atoms with Gasteiger partial charge in [-0.05, 0) is 42.0 Å². The highest BCUT2D eigenvalue weighted by molar-refractivity contribution is 7.92. The van der Waals surface area contributed by atoms with Crippen LogP contribution in [-0.4, -0.2) is 26.3 Å². The first-order chi connectivity index (χ1) is 15.2. The van der Waals surface area contributed by atoms with Gasteiger partial charge in [-0.25, -0.2) is 22.8 Å². The Hall–Kier alpha value is -2.92. The zero-order chi connectivity index (χ0) is 23.0. The van der Waals surface area contributed by atoms with Gasteiger partial charge in [-0.15, -0.1) is 11.3 Å². The summed E-state index contributed by atoms with van der Waals surface area (Å²) in [5.74, 6) is -0.804. The normalized spacial score (nSPS) is 13.6. The van der Waals surface area contributed by atoms with E-state index in [2.05, 4.69) is 5.32 Å². The SMILES string of the molecule is O=C(Nc1ccc(N2C(=O)Cc3ccccc3C2=O)cc1)NS(=O)(=O)c1cc(Cl)c(Cl)s1. The van der Waals surface area contributed by atoms with Crippen LogP contribution in [0.2, 0.25) is 9.36 Å². The first kappa shape index (κ1) is 22.3. The van der Waals surface area contributed by atoms with Crippen molar-refractivity contribution in [3.8, 4) is 0 Å². The van der Waals surface area contributed by atoms with Crippen molar-refractivity contribution in [3.63, 3.8) is 0 Å². The van der Waals surface area contributed by atoms with E-state index in [1.54, 1.807) is 24.3 Å². The van der Waals surface area contributed by atoms with Crippen LogP contribution in [0.1, 0.15) is 15.9 Å². The predicted octanol–water partition coefficient (Wildman–Crippen LogP) is 4.29. The van der Waals surface area contributed by atoms with Crippen LogP contribution in [0.5, 0.6) is 0 Å². The van der Waals surface area contributed by atoms with Crippen molar-refractivity contribution in [2.24, 2.45) is 0 Å². The first-order valence-corrected chi connectivity index (χ1v) is 12.0. The number of nitrogens with one attached hydrogen (secondary N) is 2. The Bertz CT molecular complexity index is 1330. The van der Waals surface area contributed by atoms with Crippen molar-refractivity contribution < 1.29 is 22.8 Å². The molecule has 2 N–H and O–H groups in total. The lowest BCUT2D eigenvalue weighted by atomic mass is 9.98. The molecular formula is C20H13Cl2N3O5S2. The summed E-state index contributed by atoms with van der Waals surface area (Å²) in [4.78, 5) is 38.4. The minimum absolute atomic E-state index is 0.0671. The van der Waals surface area contributed by atoms with Crippen molar-refractivity contribution >= 4 is 73.8 Å². The molecule has 0 bridgehead atoms. The number of urea groups is 1. The number of carbonyl (C=O) groups excluding carboxylic acids is 3. The van der Waals surface area contributed by atoms with Crippen LogP contribution in [0.25, 0.3) is 0 Å². The van der Waals surface area contributed by atoms with Gasteiger partial charge in [0.05, 0.1) is 17.1 Å². The predicted molar refractivity (Wildman–Crippen MR) is 122 cm³/mol. The summed E-state index contributed by atoms with van der Waals surface area (Å²) < 4.78 is 26.3. The number of thiophene rings is 1. The van der Waals surface area contributed by atoms with Crippen LogP contribution in [-0.2, 0) is 21.2 Å². The fourth-order valence-electron chi connectivity index (χ4n) is 3.10. The second-order valence-electron chi connectivity index (χ2n) is 6.66. The largest absolute Gasteiger partial charge is 0.333 e. The lowest BCUT2D eigenvalue weighted by Gasteiger charge is -2.26. The highest BCUT2D eigenvalue weighted by Crippen LogP contribution is 2.34. The summed E-state index contributed by atoms with van der Waals surface area (Å²) in [7, 11) is -4.16. The average Bonchev–Trinajstić information content (AvgIpc) is 3.08. The lowest BCUT2D eigenvalue weighted by molar-refractivity contribution is -0.117. The molecule has 3 aromatic rings. The fraction of sp³-hybridized carbons (Fsp3) is 0.0500. The van der Waals surface area contributed by atoms with Gasteiger partial charge in [-0.3, -0.25) is 9.59 Å². The molecule has 1 aromatic heterocycles. The first-order valence-electron chi connectivity index (χ1n) is 8.99. The number of benzene rings is 2. The smallest absolute Gasteiger partial charge is 0.307 e. The molecule has 0 unspecified atom stereocenters. The van der Waals surface area contributed by atoms with Gasteiger partial charge in [0.25, 0.3) is 15.9 Å². The highest BCUT2D eigenvalue weighted by Gasteiger charge is 2.31. The second kappa shape index (κ2) is 8.55. The van der Waals surface area contributed by atoms with Crippen LogP contribution >= 0.6 is 34.5 Å². The quantitative estimate of drug-likeness (QED) is 0.509. The molecule has 4 rings (SSSR count). The maximum absolute atomic E-state index is 12.7. The van der Waals surface area contributed by atoms with E-state index in [9.17, 15) is 22.8 Å². The van der Waals surface area contributed by atoms with Gasteiger partial charge < -0.3 is 5.32 Å². The van der Waals surface area contributed by atoms with Crippen LogP contribution in [0.3, 0.4) is 0 Å². The van der Waals surface area contributed by atoms with Gasteiger partial charge >= 0.3 is 6.03 Å². The lowest BCUT2D eigenvalue weighted by Crippen LogP contribution is -2.42. The summed E-state index contributed by atoms with van der Waals surface area (Å²) in [6, 6.07) is 12.9. The van der Waals surface area contributed by atoms with E-state index in [1.165, 1.54) is 24.3 Å². The Morgan fingerprint density at radius 1 is 1.03 bits per heavy atom. The minimum atomic E-state index is -4.16. The highest BCUT2D eigenvalue weighted by atomic mass is 35.5. The Morgan fingerprint density at radius 3 is 2.38 bits per heavy atom. The second-order valence-corrected chi connectivity index (χ2v) is 10.6. The van der Waals surface area contributed by atoms with Crippen LogP contribution in [0.15, 0.2) is 58.8 Å². The topological polar surface area (TPSA) is 113 Å². The molecule has 2 aromatic carbocycles. The Kier molecular flexibility index (Phi) is 5.95. The average molecular weight is 510 g/mol. The molecule has 1 aliphatic heterocycles. The van der Waals surface area contributed by atoms with Gasteiger partial charge in [-0.1, -0.05) is 41.4 Å². The number of carbonyl (C=O) groups is 3. The molecule has 8 nitrogen and oxygen atoms in total. The molecule has 1 aliphatic rings. The maximum Gasteiger partial charge on any atom is 0.333 e. The molecular weight excluding hydrogens is 497 g/mol. The van der Waals surface area contributed by atoms with E-state index >= 15 is 0 Å². The van der Waals surface area contributed by atoms with Gasteiger partial charge in [-0.2, -0.15) is 0 Å². The number of rotatable bonds is 4. The molecule has 0 fully saturated rings. The van der Waals surface area contributed by atoms with E-state index in [1.807, 2.05) is 4.72 Å². The number of amides is 4. The fourth-order valence-corrected chi connectivity index (χ4v) is 5.89. The van der Waals surface area contributed by atoms with Crippen molar-refractivity contribution in [2.45, 2.75) is 10.6 Å². The van der Waals surface area contributed by atoms with E-state index in [0.29, 0.717) is 28.2 Å². The number of halogens is 2. The zero-order valence-corrected chi connectivity index (χ0v) is 19.1. The van der Waals surface area contributed by atoms with Crippen LogP contribution in [0.4, 0.5) is 16.2 Å². The summed E-state index contributed by atoms with van der Waals surface area (Å²) in [5.41, 5.74) is 1.70. The summed E-state index contributed by atoms with van der Waals surface area (Å²) in [6.07, 6.45) is 0.0962. The van der Waals surface area contributed by atoms with Gasteiger partial charge in [0.15, 0.2) is 0 Å². The van der Waals surface area contributed by atoms with Crippen LogP contribution in [0, 0.1) is 0 Å². The Balaban J connectivity index is 1.47. The molecule has 4 amide bonds. The summed E-state index contributed by atoms with van der Waals surface area (Å²) >= 11 is 12.3. The number of fused-ring (bicyclic) bond motifs is 1. The molecule has 0 aliphatic carbocycles. The number of imide groups is 1. The van der Waals surface area contributed by atoms with E-state index in [4.69, 9.17) is 23.2 Å². The number of nitrogens with zero attached hydrogens (tertiary/aromatic N) is 1. The van der Waals surface area contributed by atoms with Crippen molar-refractivity contribution in [1.29, 1.82) is 0 Å². The molecule has 164 valence electrons. The molecule has 32 heavy (non-hydrogen) atoms. The molecule has 0 saturated heterocycles. The van der Waals surface area contributed by atoms with Gasteiger partial charge in [0.2, 0.25) is 5.91 Å². The van der Waals surface area contributed by atoms with Crippen molar-refractivity contribution in [3.05, 3.63) is 75.1 Å². The number of sulfonamides is 1. The molecule has 12 heteroatoms. The Labute approximate surface area is 196 Å². The number of hydrogen-bond acceptors (Lipinski definition) is 6. The zero-order valence-electron chi connectivity index (χ0n) is 16.0. The summed E-state index contributed by atoms with van der Waals surface area (Å²) in [6.45, 7) is 0. The van der Waals surface area contributed by atoms with Gasteiger partial charge in [0.1, 0.15) is 8.55 Å². The van der Waals surface area contributed by atoms with Crippen molar-refractivity contribution in [2.75, 3.05) is 10.2 Å². The molecule has 2 heterocycles. The van der Waals surface area contributed by atoms with E-state index in [0.717, 1.165) is 11.0 Å². The van der Waals surface area contributed by atoms with E-state index in [-0.39, 0.29) is 31.6 Å². The third-order valence-electron chi connectivity index (χ3n) is 4.54. The third kappa shape index (κ3) is 4.35. The van der Waals surface area contributed by atoms with Gasteiger partial charge in [0, 0.05) is 11.3 Å². The number of hydrogen-bond donors (Lipinski definition) is 2. The van der Waals surface area contributed by atoms with Crippen molar-refractivity contribution in [1.82, 2.24) is 4.72 Å². The standard InChI is InChI=1S/C20H13Cl2N3O5S2/c21-15-10-17(31-18(15)22)32(29,30)24-20(28)23-12-5-7-13(8-6-12)25-16(26)9-11-3-1-2-4-14(11)19(25)27/h1-8,10H,9H2,(H2,23,24,28). The maximum atomic E-state index is 12.7. The Morgan fingerprint density at radius 2 is 1.72 bits per heavy atom. The molecule has 0 saturated carbocycles. The number of anilines is 2. The van der Waals surface area contributed by atoms with Crippen LogP contribution < -0.4 is 14.9 Å².